The summed E-state index contributed by atoms with van der Waals surface area (Å²) in [6.45, 7) is 2.26. The van der Waals surface area contributed by atoms with Crippen LogP contribution in [0.3, 0.4) is 0 Å². The molecule has 4 nitrogen and oxygen atoms in total. The van der Waals surface area contributed by atoms with Crippen LogP contribution in [0.15, 0.2) is 24.3 Å². The fourth-order valence-electron chi connectivity index (χ4n) is 2.57. The third-order valence-electron chi connectivity index (χ3n) is 3.88. The molecule has 0 heterocycles. The highest BCUT2D eigenvalue weighted by molar-refractivity contribution is 5.78. The molecular formula is C16H24FN3O. The zero-order chi connectivity index (χ0) is 15.4. The summed E-state index contributed by atoms with van der Waals surface area (Å²) < 4.78 is 13.5. The van der Waals surface area contributed by atoms with E-state index in [-0.39, 0.29) is 30.4 Å². The minimum Gasteiger partial charge on any atom is -0.352 e. The van der Waals surface area contributed by atoms with Crippen LogP contribution in [0.4, 0.5) is 4.39 Å². The fraction of sp³-hybridized carbons (Fsp3) is 0.562. The van der Waals surface area contributed by atoms with Crippen LogP contribution in [0.25, 0.3) is 0 Å². The third kappa shape index (κ3) is 4.51. The van der Waals surface area contributed by atoms with E-state index >= 15 is 0 Å². The first kappa shape index (κ1) is 15.9. The highest BCUT2D eigenvalue weighted by Gasteiger charge is 2.27. The molecule has 0 aliphatic heterocycles. The van der Waals surface area contributed by atoms with Crippen LogP contribution in [-0.2, 0) is 4.79 Å². The number of nitrogens with one attached hydrogen (secondary N) is 1. The molecule has 5 heteroatoms. The van der Waals surface area contributed by atoms with Crippen molar-refractivity contribution in [3.8, 4) is 0 Å². The quantitative estimate of drug-likeness (QED) is 0.806. The molecule has 2 atom stereocenters. The van der Waals surface area contributed by atoms with Crippen molar-refractivity contribution in [2.24, 2.45) is 5.73 Å². The predicted molar refractivity (Wildman–Crippen MR) is 81.2 cm³/mol. The summed E-state index contributed by atoms with van der Waals surface area (Å²) in [6, 6.07) is 6.48. The first-order chi connectivity index (χ1) is 10.0. The lowest BCUT2D eigenvalue weighted by Gasteiger charge is -2.32. The Balaban J connectivity index is 2.08. The van der Waals surface area contributed by atoms with Crippen LogP contribution in [0, 0.1) is 5.82 Å². The van der Waals surface area contributed by atoms with Gasteiger partial charge in [-0.3, -0.25) is 9.69 Å². The summed E-state index contributed by atoms with van der Waals surface area (Å²) in [7, 11) is 1.86. The molecular weight excluding hydrogens is 269 g/mol. The van der Waals surface area contributed by atoms with Crippen LogP contribution in [0.2, 0.25) is 0 Å². The van der Waals surface area contributed by atoms with Gasteiger partial charge in [0.25, 0.3) is 0 Å². The van der Waals surface area contributed by atoms with E-state index in [1.54, 1.807) is 6.07 Å². The largest absolute Gasteiger partial charge is 0.352 e. The SMILES string of the molecule is CCC(N)C(c1cccc(F)c1)N(C)CC(=O)NC1CC1. The zero-order valence-electron chi connectivity index (χ0n) is 12.7. The molecule has 2 unspecified atom stereocenters. The monoisotopic (exact) mass is 293 g/mol. The molecule has 116 valence electrons. The average Bonchev–Trinajstić information content (AvgIpc) is 3.22. The van der Waals surface area contributed by atoms with Crippen LogP contribution >= 0.6 is 0 Å². The van der Waals surface area contributed by atoms with Gasteiger partial charge in [0, 0.05) is 12.1 Å². The topological polar surface area (TPSA) is 58.4 Å². The van der Waals surface area contributed by atoms with Crippen LogP contribution < -0.4 is 11.1 Å². The summed E-state index contributed by atoms with van der Waals surface area (Å²) in [5, 5.41) is 2.96. The maximum Gasteiger partial charge on any atom is 0.234 e. The van der Waals surface area contributed by atoms with Gasteiger partial charge >= 0.3 is 0 Å². The number of benzene rings is 1. The van der Waals surface area contributed by atoms with Gasteiger partial charge in [-0.1, -0.05) is 19.1 Å². The van der Waals surface area contributed by atoms with Crippen molar-refractivity contribution in [1.82, 2.24) is 10.2 Å². The highest BCUT2D eigenvalue weighted by atomic mass is 19.1. The van der Waals surface area contributed by atoms with Gasteiger partial charge in [0.15, 0.2) is 0 Å². The van der Waals surface area contributed by atoms with Crippen LogP contribution in [0.5, 0.6) is 0 Å². The molecule has 1 saturated carbocycles. The molecule has 0 radical (unpaired) electrons. The molecule has 0 aromatic heterocycles. The Kier molecular flexibility index (Phi) is 5.31. The van der Waals surface area contributed by atoms with Crippen LogP contribution in [-0.4, -0.2) is 36.5 Å². The van der Waals surface area contributed by atoms with E-state index in [4.69, 9.17) is 5.73 Å². The number of nitrogens with zero attached hydrogens (tertiary/aromatic N) is 1. The van der Waals surface area contributed by atoms with E-state index in [2.05, 4.69) is 5.32 Å². The summed E-state index contributed by atoms with van der Waals surface area (Å²) in [4.78, 5) is 13.9. The lowest BCUT2D eigenvalue weighted by atomic mass is 9.96. The summed E-state index contributed by atoms with van der Waals surface area (Å²) in [6.07, 6.45) is 2.89. The number of likely N-dealkylation sites (N-methyl/N-ethyl adjacent to an activating group) is 1. The molecule has 2 rings (SSSR count). The second-order valence-electron chi connectivity index (χ2n) is 5.83. The van der Waals surface area contributed by atoms with Gasteiger partial charge in [-0.05, 0) is 44.0 Å². The van der Waals surface area contributed by atoms with Crippen molar-refractivity contribution < 1.29 is 9.18 Å². The van der Waals surface area contributed by atoms with Gasteiger partial charge in [-0.2, -0.15) is 0 Å². The average molecular weight is 293 g/mol. The van der Waals surface area contributed by atoms with Crippen molar-refractivity contribution in [3.63, 3.8) is 0 Å². The van der Waals surface area contributed by atoms with Gasteiger partial charge in [0.05, 0.1) is 12.6 Å². The molecule has 21 heavy (non-hydrogen) atoms. The number of nitrogens with two attached hydrogens (primary N) is 1. The van der Waals surface area contributed by atoms with Gasteiger partial charge in [-0.25, -0.2) is 4.39 Å². The van der Waals surface area contributed by atoms with E-state index in [9.17, 15) is 9.18 Å². The van der Waals surface area contributed by atoms with E-state index in [1.807, 2.05) is 24.9 Å². The maximum absolute atomic E-state index is 13.5. The lowest BCUT2D eigenvalue weighted by Crippen LogP contribution is -2.44. The third-order valence-corrected chi connectivity index (χ3v) is 3.88. The molecule has 1 aromatic rings. The number of rotatable bonds is 7. The van der Waals surface area contributed by atoms with E-state index in [0.717, 1.165) is 24.8 Å². The Labute approximate surface area is 125 Å². The Morgan fingerprint density at radius 3 is 2.81 bits per heavy atom. The smallest absolute Gasteiger partial charge is 0.234 e. The van der Waals surface area contributed by atoms with Crippen LogP contribution in [0.1, 0.15) is 37.8 Å². The first-order valence-electron chi connectivity index (χ1n) is 7.52. The summed E-state index contributed by atoms with van der Waals surface area (Å²) >= 11 is 0. The standard InChI is InChI=1S/C16H24FN3O/c1-3-14(18)16(11-5-4-6-12(17)9-11)20(2)10-15(21)19-13-7-8-13/h4-6,9,13-14,16H,3,7-8,10,18H2,1-2H3,(H,19,21). The lowest BCUT2D eigenvalue weighted by molar-refractivity contribution is -0.122. The van der Waals surface area contributed by atoms with Gasteiger partial charge in [0.2, 0.25) is 5.91 Å². The van der Waals surface area contributed by atoms with Crippen molar-refractivity contribution in [1.29, 1.82) is 0 Å². The van der Waals surface area contributed by atoms with Crippen molar-refractivity contribution in [2.75, 3.05) is 13.6 Å². The Morgan fingerprint density at radius 2 is 2.24 bits per heavy atom. The highest BCUT2D eigenvalue weighted by Crippen LogP contribution is 2.25. The number of halogens is 1. The molecule has 0 bridgehead atoms. The molecule has 0 saturated heterocycles. The van der Waals surface area contributed by atoms with Gasteiger partial charge in [-0.15, -0.1) is 0 Å². The minimum absolute atomic E-state index is 0.00436. The number of hydrogen-bond acceptors (Lipinski definition) is 3. The molecule has 3 N–H and O–H groups in total. The van der Waals surface area contributed by atoms with Crippen molar-refractivity contribution in [3.05, 3.63) is 35.6 Å². The number of carbonyl (C=O) groups excluding carboxylic acids is 1. The zero-order valence-corrected chi connectivity index (χ0v) is 12.7. The summed E-state index contributed by atoms with van der Waals surface area (Å²) in [5.41, 5.74) is 7.00. The number of hydrogen-bond donors (Lipinski definition) is 2. The van der Waals surface area contributed by atoms with Gasteiger partial charge < -0.3 is 11.1 Å². The molecule has 1 aromatic carbocycles. The molecule has 1 aliphatic rings. The Morgan fingerprint density at radius 1 is 1.52 bits per heavy atom. The normalized spacial score (nSPS) is 17.6. The summed E-state index contributed by atoms with van der Waals surface area (Å²) in [5.74, 6) is -0.277. The molecule has 1 amide bonds. The second kappa shape index (κ2) is 7.00. The second-order valence-corrected chi connectivity index (χ2v) is 5.83. The maximum atomic E-state index is 13.5. The minimum atomic E-state index is -0.281. The number of amides is 1. The van der Waals surface area contributed by atoms with E-state index in [0.29, 0.717) is 6.04 Å². The fourth-order valence-corrected chi connectivity index (χ4v) is 2.57. The number of carbonyl (C=O) groups is 1. The Hall–Kier alpha value is -1.46. The predicted octanol–water partition coefficient (Wildman–Crippen LogP) is 1.81. The van der Waals surface area contributed by atoms with Crippen molar-refractivity contribution >= 4 is 5.91 Å². The first-order valence-corrected chi connectivity index (χ1v) is 7.52. The van der Waals surface area contributed by atoms with Crippen molar-refractivity contribution in [2.45, 2.75) is 44.3 Å². The molecule has 0 spiro atoms. The molecule has 1 fully saturated rings. The van der Waals surface area contributed by atoms with E-state index < -0.39 is 0 Å². The van der Waals surface area contributed by atoms with Gasteiger partial charge in [0.1, 0.15) is 5.82 Å². The van der Waals surface area contributed by atoms with E-state index in [1.165, 1.54) is 12.1 Å². The Bertz CT molecular complexity index is 490. The molecule has 1 aliphatic carbocycles.